The third kappa shape index (κ3) is 4.21. The Balaban J connectivity index is 1.75. The quantitative estimate of drug-likeness (QED) is 0.455. The van der Waals surface area contributed by atoms with Crippen LogP contribution in [0.2, 0.25) is 0 Å². The predicted octanol–water partition coefficient (Wildman–Crippen LogP) is 4.56. The molecule has 0 unspecified atom stereocenters. The molecule has 0 saturated heterocycles. The van der Waals surface area contributed by atoms with E-state index in [0.29, 0.717) is 36.2 Å². The predicted molar refractivity (Wildman–Crippen MR) is 115 cm³/mol. The van der Waals surface area contributed by atoms with Crippen LogP contribution < -0.4 is 10.1 Å². The molecule has 0 bridgehead atoms. The average molecular weight is 404 g/mol. The molecule has 1 N–H and O–H groups in total. The monoisotopic (exact) mass is 404 g/mol. The van der Waals surface area contributed by atoms with Crippen molar-refractivity contribution in [1.82, 2.24) is 15.0 Å². The van der Waals surface area contributed by atoms with Crippen molar-refractivity contribution in [2.24, 2.45) is 0 Å². The van der Waals surface area contributed by atoms with Crippen LogP contribution in [0.1, 0.15) is 0 Å². The van der Waals surface area contributed by atoms with Gasteiger partial charge in [0.1, 0.15) is 24.0 Å². The number of hydrogen-bond donors (Lipinski definition) is 1. The second kappa shape index (κ2) is 8.84. The molecule has 6 nitrogen and oxygen atoms in total. The zero-order chi connectivity index (χ0) is 20.9. The van der Waals surface area contributed by atoms with Crippen LogP contribution >= 0.6 is 0 Å². The molecule has 0 atom stereocenters. The van der Waals surface area contributed by atoms with Crippen LogP contribution in [0.5, 0.6) is 5.75 Å². The van der Waals surface area contributed by atoms with Crippen LogP contribution in [0.4, 0.5) is 10.2 Å². The van der Waals surface area contributed by atoms with Gasteiger partial charge >= 0.3 is 0 Å². The maximum absolute atomic E-state index is 14.2. The molecule has 0 aliphatic carbocycles. The summed E-state index contributed by atoms with van der Waals surface area (Å²) in [4.78, 5) is 13.4. The second-order valence-electron chi connectivity index (χ2n) is 6.64. The van der Waals surface area contributed by atoms with Crippen molar-refractivity contribution in [2.75, 3.05) is 32.7 Å². The van der Waals surface area contributed by atoms with Gasteiger partial charge in [0.25, 0.3) is 0 Å². The fourth-order valence-electron chi connectivity index (χ4n) is 3.18. The van der Waals surface area contributed by atoms with Crippen molar-refractivity contribution in [3.05, 3.63) is 66.7 Å². The zero-order valence-electron chi connectivity index (χ0n) is 16.7. The fourth-order valence-corrected chi connectivity index (χ4v) is 3.18. The van der Waals surface area contributed by atoms with Crippen molar-refractivity contribution < 1.29 is 13.9 Å². The molecule has 152 valence electrons. The molecule has 0 radical (unpaired) electrons. The summed E-state index contributed by atoms with van der Waals surface area (Å²) in [7, 11) is 3.40. The lowest BCUT2D eigenvalue weighted by Gasteiger charge is -2.11. The summed E-state index contributed by atoms with van der Waals surface area (Å²) in [5.41, 5.74) is 3.17. The lowest BCUT2D eigenvalue weighted by atomic mass is 10.0. The normalized spacial score (nSPS) is 10.9. The van der Waals surface area contributed by atoms with Gasteiger partial charge in [-0.1, -0.05) is 6.07 Å². The van der Waals surface area contributed by atoms with E-state index in [9.17, 15) is 4.39 Å². The molecule has 0 amide bonds. The topological polar surface area (TPSA) is 69.2 Å². The van der Waals surface area contributed by atoms with Gasteiger partial charge in [0.05, 0.1) is 12.1 Å². The molecule has 7 heteroatoms. The summed E-state index contributed by atoms with van der Waals surface area (Å²) < 4.78 is 24.7. The molecule has 2 heterocycles. The molecule has 4 aromatic rings. The van der Waals surface area contributed by atoms with Gasteiger partial charge in [-0.15, -0.1) is 0 Å². The maximum Gasteiger partial charge on any atom is 0.163 e. The van der Waals surface area contributed by atoms with E-state index in [0.717, 1.165) is 22.0 Å². The van der Waals surface area contributed by atoms with Crippen LogP contribution in [0.25, 0.3) is 33.4 Å². The average Bonchev–Trinajstić information content (AvgIpc) is 2.78. The van der Waals surface area contributed by atoms with E-state index in [1.807, 2.05) is 43.4 Å². The number of anilines is 1. The SMILES string of the molecule is CNc1nc(-c2cccnc2)nc2ccc(-c3cc(F)cc(OCCOC)c3)cc12. The number of nitrogens with one attached hydrogen (secondary N) is 1. The summed E-state index contributed by atoms with van der Waals surface area (Å²) in [6.07, 6.45) is 3.44. The Labute approximate surface area is 173 Å². The van der Waals surface area contributed by atoms with Crippen molar-refractivity contribution in [1.29, 1.82) is 0 Å². The van der Waals surface area contributed by atoms with E-state index in [2.05, 4.69) is 20.3 Å². The lowest BCUT2D eigenvalue weighted by Crippen LogP contribution is -2.04. The molecule has 0 aliphatic heterocycles. The molecule has 4 rings (SSSR count). The van der Waals surface area contributed by atoms with Gasteiger partial charge in [-0.05, 0) is 47.5 Å². The number of benzene rings is 2. The molecule has 2 aromatic heterocycles. The Morgan fingerprint density at radius 1 is 0.967 bits per heavy atom. The van der Waals surface area contributed by atoms with Gasteiger partial charge < -0.3 is 14.8 Å². The van der Waals surface area contributed by atoms with E-state index in [1.165, 1.54) is 12.1 Å². The number of pyridine rings is 1. The van der Waals surface area contributed by atoms with Crippen molar-refractivity contribution in [2.45, 2.75) is 0 Å². The lowest BCUT2D eigenvalue weighted by molar-refractivity contribution is 0.146. The Morgan fingerprint density at radius 3 is 2.63 bits per heavy atom. The fraction of sp³-hybridized carbons (Fsp3) is 0.174. The summed E-state index contributed by atoms with van der Waals surface area (Å²) >= 11 is 0. The van der Waals surface area contributed by atoms with Gasteiger partial charge in [0, 0.05) is 43.6 Å². The van der Waals surface area contributed by atoms with Crippen molar-refractivity contribution in [3.63, 3.8) is 0 Å². The number of methoxy groups -OCH3 is 1. The van der Waals surface area contributed by atoms with Crippen LogP contribution in [0.15, 0.2) is 60.9 Å². The molecule has 0 spiro atoms. The molecule has 30 heavy (non-hydrogen) atoms. The minimum atomic E-state index is -0.364. The minimum absolute atomic E-state index is 0.353. The third-order valence-corrected chi connectivity index (χ3v) is 4.61. The molecule has 0 saturated carbocycles. The first-order valence-electron chi connectivity index (χ1n) is 9.50. The largest absolute Gasteiger partial charge is 0.491 e. The Morgan fingerprint density at radius 2 is 1.87 bits per heavy atom. The third-order valence-electron chi connectivity index (χ3n) is 4.61. The molecular weight excluding hydrogens is 383 g/mol. The standard InChI is InChI=1S/C23H21FN4O2/c1-25-23-20-12-15(17-10-18(24)13-19(11-17)30-9-8-29-2)5-6-21(20)27-22(28-23)16-4-3-7-26-14-16/h3-7,10-14H,8-9H2,1-2H3,(H,25,27,28). The highest BCUT2D eigenvalue weighted by Gasteiger charge is 2.11. The Kier molecular flexibility index (Phi) is 5.81. The van der Waals surface area contributed by atoms with Crippen LogP contribution in [-0.4, -0.2) is 42.3 Å². The first-order valence-corrected chi connectivity index (χ1v) is 9.50. The number of rotatable bonds is 7. The van der Waals surface area contributed by atoms with Gasteiger partial charge in [0.15, 0.2) is 5.82 Å². The van der Waals surface area contributed by atoms with Gasteiger partial charge in [-0.2, -0.15) is 0 Å². The first-order chi connectivity index (χ1) is 14.7. The Hall–Kier alpha value is -3.58. The van der Waals surface area contributed by atoms with Crippen LogP contribution in [0.3, 0.4) is 0 Å². The molecule has 0 aliphatic rings. The number of ether oxygens (including phenoxy) is 2. The minimum Gasteiger partial charge on any atom is -0.491 e. The summed E-state index contributed by atoms with van der Waals surface area (Å²) in [5, 5.41) is 3.97. The highest BCUT2D eigenvalue weighted by Crippen LogP contribution is 2.31. The number of aromatic nitrogens is 3. The van der Waals surface area contributed by atoms with E-state index in [-0.39, 0.29) is 5.82 Å². The van der Waals surface area contributed by atoms with Gasteiger partial charge in [0.2, 0.25) is 0 Å². The highest BCUT2D eigenvalue weighted by atomic mass is 19.1. The highest BCUT2D eigenvalue weighted by molar-refractivity contribution is 5.94. The second-order valence-corrected chi connectivity index (χ2v) is 6.64. The van der Waals surface area contributed by atoms with Crippen molar-refractivity contribution >= 4 is 16.7 Å². The van der Waals surface area contributed by atoms with E-state index in [4.69, 9.17) is 9.47 Å². The molecule has 2 aromatic carbocycles. The summed E-state index contributed by atoms with van der Waals surface area (Å²) in [6, 6.07) is 14.2. The number of hydrogen-bond acceptors (Lipinski definition) is 6. The smallest absolute Gasteiger partial charge is 0.163 e. The summed E-state index contributed by atoms with van der Waals surface area (Å²) in [6.45, 7) is 0.788. The van der Waals surface area contributed by atoms with Gasteiger partial charge in [-0.25, -0.2) is 14.4 Å². The zero-order valence-corrected chi connectivity index (χ0v) is 16.7. The molecule has 0 fully saturated rings. The van der Waals surface area contributed by atoms with E-state index < -0.39 is 0 Å². The van der Waals surface area contributed by atoms with Crippen LogP contribution in [-0.2, 0) is 4.74 Å². The summed E-state index contributed by atoms with van der Waals surface area (Å²) in [5.74, 6) is 1.37. The Bertz CT molecular complexity index is 1170. The number of fused-ring (bicyclic) bond motifs is 1. The van der Waals surface area contributed by atoms with E-state index >= 15 is 0 Å². The van der Waals surface area contributed by atoms with Crippen molar-refractivity contribution in [3.8, 4) is 28.3 Å². The van der Waals surface area contributed by atoms with E-state index in [1.54, 1.807) is 19.5 Å². The first kappa shape index (κ1) is 19.7. The van der Waals surface area contributed by atoms with Gasteiger partial charge in [-0.3, -0.25) is 4.98 Å². The van der Waals surface area contributed by atoms with Crippen LogP contribution in [0, 0.1) is 5.82 Å². The molecular formula is C23H21FN4O2. The maximum atomic E-state index is 14.2. The number of nitrogens with zero attached hydrogens (tertiary/aromatic N) is 3. The number of halogens is 1.